The van der Waals surface area contributed by atoms with E-state index in [1.54, 1.807) is 35.2 Å². The molecule has 0 saturated heterocycles. The Kier molecular flexibility index (Phi) is 7.68. The minimum atomic E-state index is -0.694. The lowest BCUT2D eigenvalue weighted by atomic mass is 10.1. The Bertz CT molecular complexity index is 833. The van der Waals surface area contributed by atoms with E-state index in [4.69, 9.17) is 4.74 Å². The van der Waals surface area contributed by atoms with Gasteiger partial charge in [0.1, 0.15) is 5.82 Å². The van der Waals surface area contributed by atoms with Gasteiger partial charge in [-0.05, 0) is 49.7 Å². The lowest BCUT2D eigenvalue weighted by molar-refractivity contribution is -0.146. The molecule has 0 aromatic heterocycles. The summed E-state index contributed by atoms with van der Waals surface area (Å²) in [5.41, 5.74) is 1.21. The first kappa shape index (κ1) is 21.1. The fourth-order valence-electron chi connectivity index (χ4n) is 2.58. The molecule has 1 N–H and O–H groups in total. The molecule has 0 heterocycles. The third-order valence-electron chi connectivity index (χ3n) is 4.12. The van der Waals surface area contributed by atoms with Gasteiger partial charge in [0.05, 0.1) is 6.42 Å². The molecule has 2 aromatic carbocycles. The van der Waals surface area contributed by atoms with Crippen molar-refractivity contribution in [1.82, 2.24) is 4.90 Å². The number of hydrogen-bond acceptors (Lipinski definition) is 4. The van der Waals surface area contributed by atoms with Crippen LogP contribution >= 0.6 is 0 Å². The van der Waals surface area contributed by atoms with Crippen molar-refractivity contribution >= 4 is 23.5 Å². The normalized spacial score (nSPS) is 10.2. The highest BCUT2D eigenvalue weighted by atomic mass is 19.1. The van der Waals surface area contributed by atoms with Crippen LogP contribution in [0.25, 0.3) is 0 Å². The largest absolute Gasteiger partial charge is 0.455 e. The summed E-state index contributed by atoms with van der Waals surface area (Å²) in [6.07, 6.45) is -0.248. The van der Waals surface area contributed by atoms with Gasteiger partial charge < -0.3 is 15.0 Å². The summed E-state index contributed by atoms with van der Waals surface area (Å²) < 4.78 is 18.4. The maximum absolute atomic E-state index is 13.5. The maximum Gasteiger partial charge on any atom is 0.310 e. The van der Waals surface area contributed by atoms with Crippen LogP contribution in [-0.2, 0) is 20.7 Å². The first-order valence-electron chi connectivity index (χ1n) is 9.02. The number of carbonyl (C=O) groups excluding carboxylic acids is 3. The number of ether oxygens (including phenoxy) is 1. The van der Waals surface area contributed by atoms with Crippen molar-refractivity contribution in [2.24, 2.45) is 0 Å². The second-order valence-corrected chi connectivity index (χ2v) is 6.03. The Labute approximate surface area is 163 Å². The molecule has 0 spiro atoms. The molecule has 2 rings (SSSR count). The molecule has 0 radical (unpaired) electrons. The topological polar surface area (TPSA) is 75.7 Å². The second kappa shape index (κ2) is 10.2. The Balaban J connectivity index is 1.83. The summed E-state index contributed by atoms with van der Waals surface area (Å²) in [4.78, 5) is 37.6. The Hall–Kier alpha value is -3.22. The molecule has 28 heavy (non-hydrogen) atoms. The van der Waals surface area contributed by atoms with Crippen molar-refractivity contribution in [1.29, 1.82) is 0 Å². The molecule has 0 aliphatic rings. The number of carbonyl (C=O) groups is 3. The Morgan fingerprint density at radius 3 is 2.25 bits per heavy atom. The van der Waals surface area contributed by atoms with Crippen molar-refractivity contribution in [2.75, 3.05) is 25.0 Å². The zero-order valence-electron chi connectivity index (χ0n) is 15.9. The molecule has 0 aliphatic heterocycles. The summed E-state index contributed by atoms with van der Waals surface area (Å²) >= 11 is 0. The van der Waals surface area contributed by atoms with Crippen LogP contribution in [0.3, 0.4) is 0 Å². The molecule has 7 heteroatoms. The van der Waals surface area contributed by atoms with Crippen LogP contribution in [0.15, 0.2) is 48.5 Å². The number of halogens is 1. The minimum absolute atomic E-state index is 0.0787. The van der Waals surface area contributed by atoms with Gasteiger partial charge in [0, 0.05) is 24.3 Å². The van der Waals surface area contributed by atoms with Gasteiger partial charge in [0.25, 0.3) is 11.8 Å². The minimum Gasteiger partial charge on any atom is -0.455 e. The summed E-state index contributed by atoms with van der Waals surface area (Å²) in [6, 6.07) is 12.3. The van der Waals surface area contributed by atoms with Crippen molar-refractivity contribution in [3.63, 3.8) is 0 Å². The van der Waals surface area contributed by atoms with Gasteiger partial charge in [-0.1, -0.05) is 18.2 Å². The summed E-state index contributed by atoms with van der Waals surface area (Å²) in [7, 11) is 0. The summed E-state index contributed by atoms with van der Waals surface area (Å²) in [5, 5.41) is 2.58. The van der Waals surface area contributed by atoms with E-state index in [0.29, 0.717) is 24.3 Å². The van der Waals surface area contributed by atoms with Crippen LogP contribution in [0.2, 0.25) is 0 Å². The quantitative estimate of drug-likeness (QED) is 0.708. The van der Waals surface area contributed by atoms with E-state index in [1.165, 1.54) is 18.2 Å². The third-order valence-corrected chi connectivity index (χ3v) is 4.12. The van der Waals surface area contributed by atoms with E-state index in [1.807, 2.05) is 13.8 Å². The zero-order valence-corrected chi connectivity index (χ0v) is 15.9. The van der Waals surface area contributed by atoms with Gasteiger partial charge in [-0.25, -0.2) is 4.39 Å². The van der Waals surface area contributed by atoms with Crippen LogP contribution in [0, 0.1) is 5.82 Å². The van der Waals surface area contributed by atoms with Crippen LogP contribution in [0.5, 0.6) is 0 Å². The summed E-state index contributed by atoms with van der Waals surface area (Å²) in [5.74, 6) is -1.79. The van der Waals surface area contributed by atoms with Crippen molar-refractivity contribution in [3.8, 4) is 0 Å². The van der Waals surface area contributed by atoms with Gasteiger partial charge >= 0.3 is 5.97 Å². The van der Waals surface area contributed by atoms with E-state index < -0.39 is 24.3 Å². The molecule has 2 amide bonds. The van der Waals surface area contributed by atoms with Crippen molar-refractivity contribution < 1.29 is 23.5 Å². The number of benzene rings is 2. The molecule has 6 nitrogen and oxygen atoms in total. The summed E-state index contributed by atoms with van der Waals surface area (Å²) in [6.45, 7) is 4.57. The Morgan fingerprint density at radius 1 is 1.00 bits per heavy atom. The highest BCUT2D eigenvalue weighted by Crippen LogP contribution is 2.12. The van der Waals surface area contributed by atoms with E-state index >= 15 is 0 Å². The molecular weight excluding hydrogens is 363 g/mol. The number of hydrogen-bond donors (Lipinski definition) is 1. The van der Waals surface area contributed by atoms with Gasteiger partial charge in [-0.2, -0.15) is 0 Å². The third kappa shape index (κ3) is 5.90. The molecule has 0 bridgehead atoms. The predicted octanol–water partition coefficient (Wildman–Crippen LogP) is 3.03. The highest BCUT2D eigenvalue weighted by molar-refractivity contribution is 5.96. The smallest absolute Gasteiger partial charge is 0.310 e. The average molecular weight is 386 g/mol. The SMILES string of the molecule is CCN(CC)C(=O)c1ccc(NC(=O)COC(=O)Cc2ccccc2F)cc1. The second-order valence-electron chi connectivity index (χ2n) is 6.03. The molecule has 2 aromatic rings. The molecule has 0 unspecified atom stereocenters. The monoisotopic (exact) mass is 386 g/mol. The van der Waals surface area contributed by atoms with Gasteiger partial charge in [0.15, 0.2) is 6.61 Å². The predicted molar refractivity (Wildman–Crippen MR) is 103 cm³/mol. The van der Waals surface area contributed by atoms with E-state index in [2.05, 4.69) is 5.32 Å². The first-order valence-corrected chi connectivity index (χ1v) is 9.02. The van der Waals surface area contributed by atoms with E-state index in [-0.39, 0.29) is 17.9 Å². The highest BCUT2D eigenvalue weighted by Gasteiger charge is 2.13. The molecular formula is C21H23FN2O4. The molecule has 0 saturated carbocycles. The number of nitrogens with one attached hydrogen (secondary N) is 1. The Morgan fingerprint density at radius 2 is 1.64 bits per heavy atom. The number of rotatable bonds is 8. The lowest BCUT2D eigenvalue weighted by Gasteiger charge is -2.18. The lowest BCUT2D eigenvalue weighted by Crippen LogP contribution is -2.30. The van der Waals surface area contributed by atoms with E-state index in [9.17, 15) is 18.8 Å². The van der Waals surface area contributed by atoms with Crippen LogP contribution in [0.1, 0.15) is 29.8 Å². The zero-order chi connectivity index (χ0) is 20.5. The number of anilines is 1. The number of nitrogens with zero attached hydrogens (tertiary/aromatic N) is 1. The molecule has 148 valence electrons. The van der Waals surface area contributed by atoms with Crippen molar-refractivity contribution in [2.45, 2.75) is 20.3 Å². The first-order chi connectivity index (χ1) is 13.4. The van der Waals surface area contributed by atoms with Crippen LogP contribution < -0.4 is 5.32 Å². The van der Waals surface area contributed by atoms with Gasteiger partial charge in [0.2, 0.25) is 0 Å². The van der Waals surface area contributed by atoms with Gasteiger partial charge in [-0.15, -0.1) is 0 Å². The van der Waals surface area contributed by atoms with Crippen LogP contribution in [0.4, 0.5) is 10.1 Å². The number of esters is 1. The standard InChI is InChI=1S/C21H23FN2O4/c1-3-24(4-2)21(27)15-9-11-17(12-10-15)23-19(25)14-28-20(26)13-16-7-5-6-8-18(16)22/h5-12H,3-4,13-14H2,1-2H3,(H,23,25). The van der Waals surface area contributed by atoms with Crippen molar-refractivity contribution in [3.05, 3.63) is 65.5 Å². The maximum atomic E-state index is 13.5. The molecule has 0 atom stereocenters. The number of amides is 2. The fourth-order valence-corrected chi connectivity index (χ4v) is 2.58. The van der Waals surface area contributed by atoms with E-state index in [0.717, 1.165) is 0 Å². The molecule has 0 aliphatic carbocycles. The fraction of sp³-hybridized carbons (Fsp3) is 0.286. The van der Waals surface area contributed by atoms with Crippen LogP contribution in [-0.4, -0.2) is 42.4 Å². The molecule has 0 fully saturated rings. The average Bonchev–Trinajstić information content (AvgIpc) is 2.69. The van der Waals surface area contributed by atoms with Gasteiger partial charge in [-0.3, -0.25) is 14.4 Å².